The fraction of sp³-hybridized carbons (Fsp3) is 0.462. The molecule has 2 rings (SSSR count). The van der Waals surface area contributed by atoms with Crippen molar-refractivity contribution >= 4 is 11.7 Å². The molecular weight excluding hydrogens is 290 g/mol. The number of halogens is 4. The Hall–Kier alpha value is -1.99. The summed E-state index contributed by atoms with van der Waals surface area (Å²) in [6.07, 6.45) is -4.08. The zero-order valence-corrected chi connectivity index (χ0v) is 11.5. The van der Waals surface area contributed by atoms with Crippen molar-refractivity contribution in [1.29, 1.82) is 0 Å². The zero-order chi connectivity index (χ0) is 16.0. The minimum absolute atomic E-state index is 0.105. The number of rotatable bonds is 1. The van der Waals surface area contributed by atoms with Gasteiger partial charge in [-0.05, 0) is 18.2 Å². The summed E-state index contributed by atoms with van der Waals surface area (Å²) >= 11 is 0. The van der Waals surface area contributed by atoms with E-state index in [0.29, 0.717) is 24.3 Å². The Morgan fingerprint density at radius 2 is 1.95 bits per heavy atom. The summed E-state index contributed by atoms with van der Waals surface area (Å²) in [5, 5.41) is 0. The Kier molecular flexibility index (Phi) is 5.80. The Bertz CT molecular complexity index is 503. The van der Waals surface area contributed by atoms with Crippen LogP contribution >= 0.6 is 0 Å². The predicted molar refractivity (Wildman–Crippen MR) is 72.1 cm³/mol. The molecule has 0 fully saturated rings. The lowest BCUT2D eigenvalue weighted by Crippen LogP contribution is -2.24. The van der Waals surface area contributed by atoms with Crippen LogP contribution in [0.1, 0.15) is 31.4 Å². The van der Waals surface area contributed by atoms with Gasteiger partial charge in [-0.15, -0.1) is 0 Å². The molecule has 118 valence electrons. The van der Waals surface area contributed by atoms with E-state index in [1.54, 1.807) is 6.07 Å². The normalized spacial score (nSPS) is 18.1. The van der Waals surface area contributed by atoms with Gasteiger partial charge in [-0.25, -0.2) is 9.38 Å². The molecule has 1 atom stereocenters. The summed E-state index contributed by atoms with van der Waals surface area (Å²) in [5.74, 6) is -0.312. The number of ether oxygens (including phenoxy) is 1. The van der Waals surface area contributed by atoms with Crippen LogP contribution in [-0.4, -0.2) is 18.8 Å². The predicted octanol–water partition coefficient (Wildman–Crippen LogP) is 3.14. The second kappa shape index (κ2) is 7.14. The third kappa shape index (κ3) is 5.88. The van der Waals surface area contributed by atoms with Crippen molar-refractivity contribution in [3.05, 3.63) is 29.6 Å². The average Bonchev–Trinajstić information content (AvgIpc) is 2.41. The first kappa shape index (κ1) is 17.1. The van der Waals surface area contributed by atoms with E-state index in [9.17, 15) is 17.6 Å². The maximum Gasteiger partial charge on any atom is 0.388 e. The van der Waals surface area contributed by atoms with E-state index in [1.807, 2.05) is 0 Å². The second-order valence-corrected chi connectivity index (χ2v) is 4.37. The molecule has 1 unspecified atom stereocenters. The molecule has 0 aromatic heterocycles. The summed E-state index contributed by atoms with van der Waals surface area (Å²) < 4.78 is 50.8. The summed E-state index contributed by atoms with van der Waals surface area (Å²) in [6.45, 7) is 1.54. The van der Waals surface area contributed by atoms with Crippen LogP contribution in [0.4, 0.5) is 23.2 Å². The van der Waals surface area contributed by atoms with Gasteiger partial charge in [0.15, 0.2) is 0 Å². The lowest BCUT2D eigenvalue weighted by atomic mass is 10.0. The Morgan fingerprint density at radius 1 is 1.33 bits per heavy atom. The van der Waals surface area contributed by atoms with Crippen molar-refractivity contribution < 1.29 is 22.3 Å². The van der Waals surface area contributed by atoms with Crippen LogP contribution in [-0.2, 0) is 4.74 Å². The Balaban J connectivity index is 0.000000315. The van der Waals surface area contributed by atoms with E-state index in [0.717, 1.165) is 6.92 Å². The van der Waals surface area contributed by atoms with Gasteiger partial charge in [0.1, 0.15) is 5.82 Å². The highest BCUT2D eigenvalue weighted by Gasteiger charge is 2.22. The van der Waals surface area contributed by atoms with Gasteiger partial charge in [0.2, 0.25) is 0 Å². The van der Waals surface area contributed by atoms with Crippen LogP contribution in [0.15, 0.2) is 23.2 Å². The minimum Gasteiger partial charge on any atom is -0.465 e. The summed E-state index contributed by atoms with van der Waals surface area (Å²) in [5.41, 5.74) is 12.0. The first-order valence-electron chi connectivity index (χ1n) is 6.30. The number of amidine groups is 1. The molecule has 1 aliphatic heterocycles. The molecule has 0 saturated heterocycles. The van der Waals surface area contributed by atoms with Crippen molar-refractivity contribution in [2.45, 2.75) is 32.0 Å². The van der Waals surface area contributed by atoms with Gasteiger partial charge in [-0.1, -0.05) is 6.92 Å². The first-order chi connectivity index (χ1) is 9.73. The number of nitrogens with zero attached hydrogens (tertiary/aromatic N) is 1. The molecule has 1 aromatic carbocycles. The van der Waals surface area contributed by atoms with Gasteiger partial charge in [-0.3, -0.25) is 0 Å². The molecule has 0 bridgehead atoms. The highest BCUT2D eigenvalue weighted by Crippen LogP contribution is 2.27. The molecule has 0 amide bonds. The minimum atomic E-state index is -3.96. The number of aliphatic imine (C=N–C) groups is 1. The first-order valence-corrected chi connectivity index (χ1v) is 6.30. The molecule has 4 N–H and O–H groups in total. The number of nitrogens with two attached hydrogens (primary N) is 2. The lowest BCUT2D eigenvalue weighted by Gasteiger charge is -2.19. The van der Waals surface area contributed by atoms with Gasteiger partial charge in [-0.2, -0.15) is 13.2 Å². The maximum atomic E-state index is 13.5. The molecule has 1 aliphatic rings. The fourth-order valence-corrected chi connectivity index (χ4v) is 1.57. The number of nitrogen functional groups attached to an aromatic ring is 1. The van der Waals surface area contributed by atoms with E-state index in [1.165, 1.54) is 12.1 Å². The fourth-order valence-electron chi connectivity index (χ4n) is 1.57. The van der Waals surface area contributed by atoms with Crippen LogP contribution in [0.2, 0.25) is 0 Å². The van der Waals surface area contributed by atoms with Crippen molar-refractivity contribution in [2.75, 3.05) is 12.3 Å². The highest BCUT2D eigenvalue weighted by atomic mass is 19.4. The van der Waals surface area contributed by atoms with Gasteiger partial charge >= 0.3 is 6.18 Å². The third-order valence-electron chi connectivity index (χ3n) is 2.70. The molecule has 1 heterocycles. The van der Waals surface area contributed by atoms with Crippen LogP contribution in [0, 0.1) is 5.82 Å². The monoisotopic (exact) mass is 307 g/mol. The second-order valence-electron chi connectivity index (χ2n) is 4.37. The van der Waals surface area contributed by atoms with E-state index in [-0.39, 0.29) is 17.9 Å². The van der Waals surface area contributed by atoms with Crippen LogP contribution in [0.25, 0.3) is 0 Å². The van der Waals surface area contributed by atoms with Crippen LogP contribution in [0.5, 0.6) is 0 Å². The Morgan fingerprint density at radius 3 is 2.48 bits per heavy atom. The van der Waals surface area contributed by atoms with Gasteiger partial charge in [0.05, 0.1) is 12.6 Å². The summed E-state index contributed by atoms with van der Waals surface area (Å²) in [4.78, 5) is 4.03. The van der Waals surface area contributed by atoms with Gasteiger partial charge in [0, 0.05) is 24.1 Å². The topological polar surface area (TPSA) is 73.6 Å². The van der Waals surface area contributed by atoms with Crippen molar-refractivity contribution in [3.8, 4) is 0 Å². The van der Waals surface area contributed by atoms with Crippen molar-refractivity contribution in [1.82, 2.24) is 0 Å². The molecule has 0 radical (unpaired) electrons. The largest absolute Gasteiger partial charge is 0.465 e. The average molecular weight is 307 g/mol. The molecule has 0 saturated carbocycles. The molecule has 4 nitrogen and oxygen atoms in total. The molecule has 1 aromatic rings. The van der Waals surface area contributed by atoms with E-state index in [4.69, 9.17) is 16.2 Å². The molecule has 8 heteroatoms. The summed E-state index contributed by atoms with van der Waals surface area (Å²) in [6, 6.07) is 4.26. The smallest absolute Gasteiger partial charge is 0.388 e. The van der Waals surface area contributed by atoms with Gasteiger partial charge < -0.3 is 16.2 Å². The van der Waals surface area contributed by atoms with E-state index >= 15 is 0 Å². The third-order valence-corrected chi connectivity index (χ3v) is 2.70. The number of benzene rings is 1. The van der Waals surface area contributed by atoms with Crippen molar-refractivity contribution in [3.63, 3.8) is 0 Å². The van der Waals surface area contributed by atoms with Crippen LogP contribution in [0.3, 0.4) is 0 Å². The highest BCUT2D eigenvalue weighted by molar-refractivity contribution is 5.72. The van der Waals surface area contributed by atoms with Crippen LogP contribution < -0.4 is 11.5 Å². The van der Waals surface area contributed by atoms with E-state index in [2.05, 4.69) is 4.99 Å². The van der Waals surface area contributed by atoms with Crippen molar-refractivity contribution in [2.24, 2.45) is 10.7 Å². The molecule has 0 spiro atoms. The Labute approximate surface area is 119 Å². The van der Waals surface area contributed by atoms with Gasteiger partial charge in [0.25, 0.3) is 6.02 Å². The lowest BCUT2D eigenvalue weighted by molar-refractivity contribution is -0.130. The number of hydrogen-bond acceptors (Lipinski definition) is 4. The van der Waals surface area contributed by atoms with E-state index < -0.39 is 12.6 Å². The molecular formula is C13H17F4N3O. The zero-order valence-electron chi connectivity index (χ0n) is 11.5. The number of anilines is 1. The number of hydrogen-bond donors (Lipinski definition) is 2. The molecule has 0 aliphatic carbocycles. The summed E-state index contributed by atoms with van der Waals surface area (Å²) in [7, 11) is 0. The SMILES string of the molecule is CCC(F)(F)F.NC1=NC(c2cc(N)ccc2F)CCO1. The standard InChI is InChI=1S/C10H12FN3O.C3H5F3/c11-8-2-1-6(12)5-7(8)9-3-4-15-10(13)14-9;1-2-3(4,5)6/h1-2,5,9H,3-4,12H2,(H2,13,14);2H2,1H3. The quantitative estimate of drug-likeness (QED) is 0.618. The molecule has 21 heavy (non-hydrogen) atoms. The number of alkyl halides is 3. The maximum absolute atomic E-state index is 13.5.